The number of amides is 1. The number of carbonyl (C=O) groups is 1. The van der Waals surface area contributed by atoms with Crippen molar-refractivity contribution < 1.29 is 4.79 Å². The van der Waals surface area contributed by atoms with E-state index in [2.05, 4.69) is 15.2 Å². The first kappa shape index (κ1) is 14.7. The van der Waals surface area contributed by atoms with Crippen molar-refractivity contribution in [2.75, 3.05) is 7.05 Å². The van der Waals surface area contributed by atoms with Gasteiger partial charge in [0.25, 0.3) is 0 Å². The van der Waals surface area contributed by atoms with Crippen LogP contribution in [0.25, 0.3) is 10.2 Å². The lowest BCUT2D eigenvalue weighted by Gasteiger charge is -2.19. The molecule has 3 aromatic rings. The van der Waals surface area contributed by atoms with Gasteiger partial charge in [0.2, 0.25) is 5.91 Å². The second-order valence-corrected chi connectivity index (χ2v) is 6.28. The van der Waals surface area contributed by atoms with Gasteiger partial charge in [-0.2, -0.15) is 5.10 Å². The number of thiazole rings is 1. The molecule has 3 N–H and O–H groups in total. The maximum atomic E-state index is 12.3. The van der Waals surface area contributed by atoms with Crippen molar-refractivity contribution >= 4 is 27.5 Å². The van der Waals surface area contributed by atoms with Gasteiger partial charge in [-0.05, 0) is 18.2 Å². The third-order valence-electron chi connectivity index (χ3n) is 3.40. The molecule has 114 valence electrons. The van der Waals surface area contributed by atoms with E-state index < -0.39 is 6.04 Å². The number of benzene rings is 1. The van der Waals surface area contributed by atoms with E-state index in [0.29, 0.717) is 13.0 Å². The lowest BCUT2D eigenvalue weighted by atomic mass is 10.1. The number of para-hydroxylation sites is 1. The zero-order valence-electron chi connectivity index (χ0n) is 12.2. The standard InChI is InChI=1S/C15H17N5OS/c1-20(15(21)11(16)8-10-6-7-17-19-10)9-14-18-12-4-2-3-5-13(12)22-14/h2-7,11H,8-9,16H2,1H3,(H,17,19). The minimum Gasteiger partial charge on any atom is -0.338 e. The Hall–Kier alpha value is -2.25. The quantitative estimate of drug-likeness (QED) is 0.747. The highest BCUT2D eigenvalue weighted by Gasteiger charge is 2.20. The molecule has 1 aromatic carbocycles. The van der Waals surface area contributed by atoms with Gasteiger partial charge in [0.05, 0.1) is 22.8 Å². The molecule has 22 heavy (non-hydrogen) atoms. The average molecular weight is 315 g/mol. The Morgan fingerprint density at radius 3 is 2.95 bits per heavy atom. The van der Waals surface area contributed by atoms with Gasteiger partial charge in [-0.3, -0.25) is 9.89 Å². The minimum absolute atomic E-state index is 0.103. The van der Waals surface area contributed by atoms with Crippen molar-refractivity contribution in [3.8, 4) is 0 Å². The van der Waals surface area contributed by atoms with Crippen molar-refractivity contribution in [2.24, 2.45) is 5.73 Å². The molecule has 0 saturated carbocycles. The molecule has 1 amide bonds. The van der Waals surface area contributed by atoms with E-state index in [-0.39, 0.29) is 5.91 Å². The first-order valence-electron chi connectivity index (χ1n) is 6.97. The van der Waals surface area contributed by atoms with Crippen LogP contribution in [-0.2, 0) is 17.8 Å². The number of hydrogen-bond acceptors (Lipinski definition) is 5. The molecule has 0 saturated heterocycles. The topological polar surface area (TPSA) is 87.9 Å². The minimum atomic E-state index is -0.583. The van der Waals surface area contributed by atoms with Crippen molar-refractivity contribution in [3.05, 3.63) is 47.2 Å². The summed E-state index contributed by atoms with van der Waals surface area (Å²) in [5.74, 6) is -0.103. The van der Waals surface area contributed by atoms with Crippen molar-refractivity contribution in [1.29, 1.82) is 0 Å². The number of aromatic amines is 1. The summed E-state index contributed by atoms with van der Waals surface area (Å²) >= 11 is 1.60. The van der Waals surface area contributed by atoms with Crippen LogP contribution < -0.4 is 5.73 Å². The fourth-order valence-corrected chi connectivity index (χ4v) is 3.29. The maximum absolute atomic E-state index is 12.3. The van der Waals surface area contributed by atoms with Crippen LogP contribution in [0.1, 0.15) is 10.7 Å². The number of nitrogens with zero attached hydrogens (tertiary/aromatic N) is 3. The van der Waals surface area contributed by atoms with E-state index >= 15 is 0 Å². The maximum Gasteiger partial charge on any atom is 0.240 e. The van der Waals surface area contributed by atoms with Crippen molar-refractivity contribution in [3.63, 3.8) is 0 Å². The number of likely N-dealkylation sites (N-methyl/N-ethyl adjacent to an activating group) is 1. The van der Waals surface area contributed by atoms with Crippen LogP contribution in [0, 0.1) is 0 Å². The highest BCUT2D eigenvalue weighted by Crippen LogP contribution is 2.22. The first-order valence-corrected chi connectivity index (χ1v) is 7.78. The fourth-order valence-electron chi connectivity index (χ4n) is 2.27. The largest absolute Gasteiger partial charge is 0.338 e. The second kappa shape index (κ2) is 6.25. The van der Waals surface area contributed by atoms with E-state index in [9.17, 15) is 4.79 Å². The van der Waals surface area contributed by atoms with Crippen LogP contribution in [0.5, 0.6) is 0 Å². The molecule has 1 atom stereocenters. The van der Waals surface area contributed by atoms with Crippen molar-refractivity contribution in [2.45, 2.75) is 19.0 Å². The number of hydrogen-bond donors (Lipinski definition) is 2. The molecule has 3 rings (SSSR count). The Bertz CT molecular complexity index is 734. The van der Waals surface area contributed by atoms with Crippen LogP contribution in [0.15, 0.2) is 36.5 Å². The monoisotopic (exact) mass is 315 g/mol. The lowest BCUT2D eigenvalue weighted by molar-refractivity contribution is -0.131. The van der Waals surface area contributed by atoms with E-state index in [1.165, 1.54) is 0 Å². The Labute approximate surface area is 132 Å². The highest BCUT2D eigenvalue weighted by atomic mass is 32.1. The molecule has 0 bridgehead atoms. The molecule has 0 aliphatic heterocycles. The summed E-state index contributed by atoms with van der Waals surface area (Å²) < 4.78 is 1.13. The van der Waals surface area contributed by atoms with E-state index in [1.807, 2.05) is 30.3 Å². The number of aromatic nitrogens is 3. The number of rotatable bonds is 5. The predicted octanol–water partition coefficient (Wildman–Crippen LogP) is 1.55. The predicted molar refractivity (Wildman–Crippen MR) is 86.4 cm³/mol. The third-order valence-corrected chi connectivity index (χ3v) is 4.42. The summed E-state index contributed by atoms with van der Waals surface area (Å²) in [6.07, 6.45) is 2.10. The molecular formula is C15H17N5OS. The van der Waals surface area contributed by atoms with Gasteiger partial charge in [-0.25, -0.2) is 4.98 Å². The number of carbonyl (C=O) groups excluding carboxylic acids is 1. The molecule has 6 nitrogen and oxygen atoms in total. The van der Waals surface area contributed by atoms with E-state index in [4.69, 9.17) is 5.73 Å². The Balaban J connectivity index is 1.65. The van der Waals surface area contributed by atoms with E-state index in [1.54, 1.807) is 29.5 Å². The molecule has 1 unspecified atom stereocenters. The average Bonchev–Trinajstić information content (AvgIpc) is 3.14. The Morgan fingerprint density at radius 1 is 1.41 bits per heavy atom. The second-order valence-electron chi connectivity index (χ2n) is 5.16. The highest BCUT2D eigenvalue weighted by molar-refractivity contribution is 7.18. The van der Waals surface area contributed by atoms with Gasteiger partial charge < -0.3 is 10.6 Å². The van der Waals surface area contributed by atoms with Gasteiger partial charge >= 0.3 is 0 Å². The lowest BCUT2D eigenvalue weighted by Crippen LogP contribution is -2.42. The van der Waals surface area contributed by atoms with Crippen LogP contribution in [0.2, 0.25) is 0 Å². The molecule has 0 radical (unpaired) electrons. The Morgan fingerprint density at radius 2 is 2.23 bits per heavy atom. The SMILES string of the molecule is CN(Cc1nc2ccccc2s1)C(=O)C(N)Cc1ccn[nH]1. The summed E-state index contributed by atoms with van der Waals surface area (Å²) in [7, 11) is 1.75. The Kier molecular flexibility index (Phi) is 4.17. The molecule has 2 heterocycles. The molecule has 2 aromatic heterocycles. The fraction of sp³-hybridized carbons (Fsp3) is 0.267. The van der Waals surface area contributed by atoms with E-state index in [0.717, 1.165) is 20.9 Å². The number of nitrogens with one attached hydrogen (secondary N) is 1. The van der Waals surface area contributed by atoms with Gasteiger partial charge in [-0.1, -0.05) is 12.1 Å². The first-order chi connectivity index (χ1) is 10.6. The van der Waals surface area contributed by atoms with Crippen molar-refractivity contribution in [1.82, 2.24) is 20.1 Å². The van der Waals surface area contributed by atoms with Crippen LogP contribution in [0.4, 0.5) is 0 Å². The molecule has 0 fully saturated rings. The summed E-state index contributed by atoms with van der Waals surface area (Å²) in [6, 6.07) is 9.18. The van der Waals surface area contributed by atoms with Gasteiger partial charge in [0.1, 0.15) is 5.01 Å². The normalized spacial score (nSPS) is 12.5. The molecule has 0 aliphatic rings. The van der Waals surface area contributed by atoms with Crippen LogP contribution in [-0.4, -0.2) is 39.1 Å². The summed E-state index contributed by atoms with van der Waals surface area (Å²) in [6.45, 7) is 0.467. The summed E-state index contributed by atoms with van der Waals surface area (Å²) in [5.41, 5.74) is 7.80. The summed E-state index contributed by atoms with van der Waals surface area (Å²) in [4.78, 5) is 18.5. The molecule has 0 aliphatic carbocycles. The number of fused-ring (bicyclic) bond motifs is 1. The number of nitrogens with two attached hydrogens (primary N) is 1. The zero-order valence-corrected chi connectivity index (χ0v) is 13.0. The van der Waals surface area contributed by atoms with Crippen LogP contribution in [0.3, 0.4) is 0 Å². The smallest absolute Gasteiger partial charge is 0.240 e. The summed E-state index contributed by atoms with van der Waals surface area (Å²) in [5, 5.41) is 7.58. The molecule has 0 spiro atoms. The third kappa shape index (κ3) is 3.15. The number of H-pyrrole nitrogens is 1. The zero-order chi connectivity index (χ0) is 15.5. The van der Waals surface area contributed by atoms with Crippen LogP contribution >= 0.6 is 11.3 Å². The van der Waals surface area contributed by atoms with Gasteiger partial charge in [0.15, 0.2) is 0 Å². The van der Waals surface area contributed by atoms with Gasteiger partial charge in [-0.15, -0.1) is 11.3 Å². The molecular weight excluding hydrogens is 298 g/mol. The molecule has 7 heteroatoms. The van der Waals surface area contributed by atoms with Gasteiger partial charge in [0, 0.05) is 25.4 Å².